The molecule has 2 N–H and O–H groups in total. The highest BCUT2D eigenvalue weighted by Gasteiger charge is 2.17. The number of halogens is 2. The maximum absolute atomic E-state index is 13.8. The molecule has 0 aliphatic rings. The van der Waals surface area contributed by atoms with Crippen molar-refractivity contribution in [3.8, 4) is 5.69 Å². The number of anilines is 1. The van der Waals surface area contributed by atoms with Crippen molar-refractivity contribution in [1.82, 2.24) is 15.1 Å². The summed E-state index contributed by atoms with van der Waals surface area (Å²) in [6, 6.07) is 10.9. The lowest BCUT2D eigenvalue weighted by Gasteiger charge is -2.07. The third-order valence-electron chi connectivity index (χ3n) is 3.91. The molecule has 0 atom stereocenters. The Labute approximate surface area is 160 Å². The number of hydrogen-bond donors (Lipinski definition) is 2. The van der Waals surface area contributed by atoms with E-state index in [0.717, 1.165) is 6.07 Å². The Hall–Kier alpha value is -3.19. The molecule has 0 aliphatic carbocycles. The fraction of sp³-hybridized carbons (Fsp3) is 0.105. The van der Waals surface area contributed by atoms with Crippen LogP contribution in [0.1, 0.15) is 26.4 Å². The molecule has 0 saturated heterocycles. The van der Waals surface area contributed by atoms with E-state index in [4.69, 9.17) is 11.6 Å². The van der Waals surface area contributed by atoms with E-state index < -0.39 is 17.6 Å². The summed E-state index contributed by atoms with van der Waals surface area (Å²) in [6.07, 6.45) is 1.69. The fourth-order valence-electron chi connectivity index (χ4n) is 2.55. The van der Waals surface area contributed by atoms with Gasteiger partial charge >= 0.3 is 0 Å². The maximum Gasteiger partial charge on any atom is 0.276 e. The van der Waals surface area contributed by atoms with Crippen LogP contribution in [0, 0.1) is 12.7 Å². The van der Waals surface area contributed by atoms with Gasteiger partial charge < -0.3 is 10.6 Å². The maximum atomic E-state index is 13.8. The van der Waals surface area contributed by atoms with Crippen molar-refractivity contribution in [1.29, 1.82) is 0 Å². The minimum atomic E-state index is -0.675. The minimum absolute atomic E-state index is 0.159. The van der Waals surface area contributed by atoms with Gasteiger partial charge in [-0.25, -0.2) is 9.07 Å². The standard InChI is InChI=1S/C19H16ClFN4O2/c1-11-10-25(16-6-4-3-5-14(16)20)24-17(11)19(27)23-12-7-8-15(21)13(9-12)18(26)22-2/h3-10H,1-2H3,(H,22,26)(H,23,27). The van der Waals surface area contributed by atoms with Crippen LogP contribution in [0.5, 0.6) is 0 Å². The smallest absolute Gasteiger partial charge is 0.276 e. The number of benzene rings is 2. The number of para-hydroxylation sites is 1. The molecule has 0 spiro atoms. The normalized spacial score (nSPS) is 10.5. The Balaban J connectivity index is 1.88. The number of nitrogens with zero attached hydrogens (tertiary/aromatic N) is 2. The van der Waals surface area contributed by atoms with Crippen LogP contribution in [-0.4, -0.2) is 28.6 Å². The largest absolute Gasteiger partial charge is 0.355 e. The monoisotopic (exact) mass is 386 g/mol. The van der Waals surface area contributed by atoms with Crippen LogP contribution < -0.4 is 10.6 Å². The zero-order chi connectivity index (χ0) is 19.6. The molecular weight excluding hydrogens is 371 g/mol. The number of rotatable bonds is 4. The first-order chi connectivity index (χ1) is 12.9. The van der Waals surface area contributed by atoms with E-state index in [1.807, 2.05) is 6.07 Å². The summed E-state index contributed by atoms with van der Waals surface area (Å²) in [4.78, 5) is 24.3. The molecule has 0 fully saturated rings. The lowest BCUT2D eigenvalue weighted by Crippen LogP contribution is -2.20. The predicted molar refractivity (Wildman–Crippen MR) is 101 cm³/mol. The lowest BCUT2D eigenvalue weighted by atomic mass is 10.1. The van der Waals surface area contributed by atoms with Gasteiger partial charge in [-0.05, 0) is 37.3 Å². The molecule has 3 aromatic rings. The van der Waals surface area contributed by atoms with Gasteiger partial charge in [0.2, 0.25) is 0 Å². The summed E-state index contributed by atoms with van der Waals surface area (Å²) in [5.41, 5.74) is 1.60. The van der Waals surface area contributed by atoms with Gasteiger partial charge in [0.1, 0.15) is 5.82 Å². The highest BCUT2D eigenvalue weighted by molar-refractivity contribution is 6.32. The number of nitrogens with one attached hydrogen (secondary N) is 2. The zero-order valence-corrected chi connectivity index (χ0v) is 15.3. The van der Waals surface area contributed by atoms with E-state index >= 15 is 0 Å². The number of carbonyl (C=O) groups is 2. The van der Waals surface area contributed by atoms with Crippen molar-refractivity contribution in [3.63, 3.8) is 0 Å². The van der Waals surface area contributed by atoms with Crippen molar-refractivity contribution < 1.29 is 14.0 Å². The van der Waals surface area contributed by atoms with Crippen LogP contribution >= 0.6 is 11.6 Å². The highest BCUT2D eigenvalue weighted by atomic mass is 35.5. The third-order valence-corrected chi connectivity index (χ3v) is 4.23. The number of carbonyl (C=O) groups excluding carboxylic acids is 2. The van der Waals surface area contributed by atoms with Crippen LogP contribution in [-0.2, 0) is 0 Å². The molecule has 0 unspecified atom stereocenters. The van der Waals surface area contributed by atoms with Crippen LogP contribution in [0.4, 0.5) is 10.1 Å². The quantitative estimate of drug-likeness (QED) is 0.719. The molecule has 27 heavy (non-hydrogen) atoms. The van der Waals surface area contributed by atoms with Gasteiger partial charge in [0.25, 0.3) is 11.8 Å². The summed E-state index contributed by atoms with van der Waals surface area (Å²) < 4.78 is 15.3. The molecule has 0 aliphatic heterocycles. The van der Waals surface area contributed by atoms with Gasteiger partial charge in [-0.15, -0.1) is 0 Å². The molecule has 0 radical (unpaired) electrons. The summed E-state index contributed by atoms with van der Waals surface area (Å²) in [7, 11) is 1.40. The summed E-state index contributed by atoms with van der Waals surface area (Å²) in [5.74, 6) is -1.73. The Morgan fingerprint density at radius 2 is 1.89 bits per heavy atom. The average molecular weight is 387 g/mol. The zero-order valence-electron chi connectivity index (χ0n) is 14.6. The summed E-state index contributed by atoms with van der Waals surface area (Å²) >= 11 is 6.17. The number of aryl methyl sites for hydroxylation is 1. The summed E-state index contributed by atoms with van der Waals surface area (Å²) in [5, 5.41) is 9.78. The van der Waals surface area contributed by atoms with Crippen LogP contribution in [0.3, 0.4) is 0 Å². The van der Waals surface area contributed by atoms with E-state index in [1.54, 1.807) is 31.3 Å². The molecule has 8 heteroatoms. The second kappa shape index (κ2) is 7.59. The van der Waals surface area contributed by atoms with Crippen molar-refractivity contribution in [2.75, 3.05) is 12.4 Å². The van der Waals surface area contributed by atoms with Gasteiger partial charge in [-0.1, -0.05) is 23.7 Å². The molecular formula is C19H16ClFN4O2. The van der Waals surface area contributed by atoms with E-state index in [9.17, 15) is 14.0 Å². The first-order valence-electron chi connectivity index (χ1n) is 8.05. The first-order valence-corrected chi connectivity index (χ1v) is 8.42. The van der Waals surface area contributed by atoms with Crippen LogP contribution in [0.25, 0.3) is 5.69 Å². The van der Waals surface area contributed by atoms with Gasteiger partial charge in [-0.2, -0.15) is 5.10 Å². The molecule has 138 valence electrons. The van der Waals surface area contributed by atoms with Crippen molar-refractivity contribution >= 4 is 29.1 Å². The molecule has 2 aromatic carbocycles. The highest BCUT2D eigenvalue weighted by Crippen LogP contribution is 2.21. The van der Waals surface area contributed by atoms with Crippen molar-refractivity contribution in [3.05, 3.63) is 76.3 Å². The van der Waals surface area contributed by atoms with Crippen molar-refractivity contribution in [2.45, 2.75) is 6.92 Å². The first kappa shape index (κ1) is 18.6. The fourth-order valence-corrected chi connectivity index (χ4v) is 2.77. The second-order valence-electron chi connectivity index (χ2n) is 5.78. The van der Waals surface area contributed by atoms with E-state index in [2.05, 4.69) is 15.7 Å². The average Bonchev–Trinajstić information content (AvgIpc) is 3.04. The van der Waals surface area contributed by atoms with E-state index in [-0.39, 0.29) is 16.9 Å². The van der Waals surface area contributed by atoms with Gasteiger partial charge in [-0.3, -0.25) is 9.59 Å². The van der Waals surface area contributed by atoms with Crippen LogP contribution in [0.15, 0.2) is 48.7 Å². The number of hydrogen-bond acceptors (Lipinski definition) is 3. The van der Waals surface area contributed by atoms with Gasteiger partial charge in [0.05, 0.1) is 16.3 Å². The summed E-state index contributed by atoms with van der Waals surface area (Å²) in [6.45, 7) is 1.75. The Morgan fingerprint density at radius 1 is 1.15 bits per heavy atom. The third kappa shape index (κ3) is 3.83. The predicted octanol–water partition coefficient (Wildman–Crippen LogP) is 3.59. The molecule has 3 rings (SSSR count). The molecule has 2 amide bonds. The molecule has 0 saturated carbocycles. The van der Waals surface area contributed by atoms with Crippen LogP contribution in [0.2, 0.25) is 5.02 Å². The molecule has 6 nitrogen and oxygen atoms in total. The van der Waals surface area contributed by atoms with Gasteiger partial charge in [0.15, 0.2) is 5.69 Å². The van der Waals surface area contributed by atoms with E-state index in [1.165, 1.54) is 23.9 Å². The Bertz CT molecular complexity index is 1030. The lowest BCUT2D eigenvalue weighted by molar-refractivity contribution is 0.0957. The molecule has 1 aromatic heterocycles. The van der Waals surface area contributed by atoms with Gasteiger partial charge in [0, 0.05) is 24.5 Å². The second-order valence-corrected chi connectivity index (χ2v) is 6.19. The molecule has 1 heterocycles. The molecule has 0 bridgehead atoms. The van der Waals surface area contributed by atoms with Crippen molar-refractivity contribution in [2.24, 2.45) is 0 Å². The topological polar surface area (TPSA) is 76.0 Å². The Kier molecular flexibility index (Phi) is 5.23. The Morgan fingerprint density at radius 3 is 2.59 bits per heavy atom. The van der Waals surface area contributed by atoms with E-state index in [0.29, 0.717) is 16.3 Å². The number of aromatic nitrogens is 2. The number of amides is 2. The SMILES string of the molecule is CNC(=O)c1cc(NC(=O)c2nn(-c3ccccc3Cl)cc2C)ccc1F. The minimum Gasteiger partial charge on any atom is -0.355 e.